The smallest absolute Gasteiger partial charge is 0.257 e. The maximum absolute atomic E-state index is 13.5. The maximum Gasteiger partial charge on any atom is 0.257 e. The molecule has 0 spiro atoms. The van der Waals surface area contributed by atoms with Crippen molar-refractivity contribution in [2.45, 2.75) is 44.4 Å². The van der Waals surface area contributed by atoms with Gasteiger partial charge in [0.25, 0.3) is 5.91 Å². The first-order chi connectivity index (χ1) is 15.1. The Kier molecular flexibility index (Phi) is 5.18. The molecule has 1 aromatic heterocycles. The number of benzene rings is 2. The van der Waals surface area contributed by atoms with Crippen LogP contribution in [0.3, 0.4) is 0 Å². The third-order valence-corrected chi connectivity index (χ3v) is 6.27. The minimum absolute atomic E-state index is 0.0546. The fourth-order valence-corrected chi connectivity index (χ4v) is 4.62. The second-order valence-electron chi connectivity index (χ2n) is 8.40. The number of aryl methyl sites for hydroxylation is 2. The summed E-state index contributed by atoms with van der Waals surface area (Å²) in [5, 5.41) is 14.5. The van der Waals surface area contributed by atoms with Gasteiger partial charge in [-0.2, -0.15) is 4.98 Å². The number of nitrogens with zero attached hydrogens (tertiary/aromatic N) is 3. The number of amides is 1. The Morgan fingerprint density at radius 2 is 1.94 bits per heavy atom. The van der Waals surface area contributed by atoms with E-state index in [0.717, 1.165) is 49.7 Å². The summed E-state index contributed by atoms with van der Waals surface area (Å²) < 4.78 is 19.0. The number of carbonyl (C=O) groups excluding carboxylic acids is 1. The summed E-state index contributed by atoms with van der Waals surface area (Å²) in [5.74, 6) is 0.228. The van der Waals surface area contributed by atoms with Crippen LogP contribution in [0.25, 0.3) is 11.4 Å². The predicted molar refractivity (Wildman–Crippen MR) is 112 cm³/mol. The van der Waals surface area contributed by atoms with Crippen molar-refractivity contribution in [1.82, 2.24) is 15.0 Å². The molecule has 1 fully saturated rings. The van der Waals surface area contributed by atoms with Crippen LogP contribution in [0.1, 0.15) is 59.0 Å². The Balaban J connectivity index is 1.35. The Morgan fingerprint density at radius 3 is 2.74 bits per heavy atom. The van der Waals surface area contributed by atoms with Gasteiger partial charge in [-0.05, 0) is 73.9 Å². The largest absolute Gasteiger partial charge is 0.507 e. The van der Waals surface area contributed by atoms with Crippen LogP contribution in [0.4, 0.5) is 4.39 Å². The number of aromatic hydroxyl groups is 1. The minimum atomic E-state index is -0.358. The average molecular weight is 421 g/mol. The van der Waals surface area contributed by atoms with Crippen molar-refractivity contribution in [3.8, 4) is 17.1 Å². The highest BCUT2D eigenvalue weighted by Crippen LogP contribution is 2.32. The molecule has 1 atom stereocenters. The molecule has 2 aliphatic rings. The number of rotatable bonds is 3. The quantitative estimate of drug-likeness (QED) is 0.675. The van der Waals surface area contributed by atoms with Crippen molar-refractivity contribution < 1.29 is 18.8 Å². The molecule has 5 rings (SSSR count). The van der Waals surface area contributed by atoms with Gasteiger partial charge in [0, 0.05) is 18.7 Å². The van der Waals surface area contributed by atoms with Gasteiger partial charge in [-0.3, -0.25) is 4.79 Å². The van der Waals surface area contributed by atoms with E-state index >= 15 is 0 Å². The van der Waals surface area contributed by atoms with Crippen molar-refractivity contribution in [2.24, 2.45) is 0 Å². The van der Waals surface area contributed by atoms with Crippen molar-refractivity contribution >= 4 is 5.91 Å². The number of fused-ring (bicyclic) bond motifs is 1. The average Bonchev–Trinajstić information content (AvgIpc) is 3.29. The van der Waals surface area contributed by atoms with E-state index in [1.165, 1.54) is 12.1 Å². The molecule has 7 heteroatoms. The number of hydrogen-bond acceptors (Lipinski definition) is 5. The third kappa shape index (κ3) is 3.92. The number of halogens is 1. The number of aromatic nitrogens is 2. The fraction of sp³-hybridized carbons (Fsp3) is 0.375. The van der Waals surface area contributed by atoms with E-state index < -0.39 is 0 Å². The summed E-state index contributed by atoms with van der Waals surface area (Å²) in [6, 6.07) is 9.69. The van der Waals surface area contributed by atoms with Crippen LogP contribution < -0.4 is 0 Å². The molecule has 1 saturated heterocycles. The van der Waals surface area contributed by atoms with Gasteiger partial charge < -0.3 is 14.5 Å². The van der Waals surface area contributed by atoms with E-state index in [1.807, 2.05) is 6.07 Å². The second-order valence-corrected chi connectivity index (χ2v) is 8.40. The molecule has 31 heavy (non-hydrogen) atoms. The topological polar surface area (TPSA) is 79.5 Å². The zero-order valence-electron chi connectivity index (χ0n) is 17.2. The summed E-state index contributed by atoms with van der Waals surface area (Å²) in [7, 11) is 0. The second kappa shape index (κ2) is 8.13. The highest BCUT2D eigenvalue weighted by Gasteiger charge is 2.30. The SMILES string of the molecule is O=C(c1cc2c(cc1O)CCCC2)N1CCCC(c2nc(-c3cccc(F)c3)no2)C1. The number of phenols is 1. The van der Waals surface area contributed by atoms with E-state index in [0.29, 0.717) is 35.9 Å². The molecular weight excluding hydrogens is 397 g/mol. The molecule has 3 aromatic rings. The molecule has 1 amide bonds. The standard InChI is InChI=1S/C24H24FN3O3/c25-19-9-3-7-17(11-19)22-26-23(31-27-22)18-8-4-10-28(14-18)24(30)20-12-15-5-1-2-6-16(15)13-21(20)29/h3,7,9,11-13,18,29H,1-2,4-6,8,10,14H2. The number of hydrogen-bond donors (Lipinski definition) is 1. The van der Waals surface area contributed by atoms with Crippen LogP contribution in [0.15, 0.2) is 40.9 Å². The van der Waals surface area contributed by atoms with Gasteiger partial charge in [0.05, 0.1) is 11.5 Å². The molecule has 6 nitrogen and oxygen atoms in total. The van der Waals surface area contributed by atoms with Crippen LogP contribution in [0, 0.1) is 5.82 Å². The lowest BCUT2D eigenvalue weighted by atomic mass is 9.89. The summed E-state index contributed by atoms with van der Waals surface area (Å²) in [5.41, 5.74) is 3.23. The zero-order valence-corrected chi connectivity index (χ0v) is 17.2. The molecule has 2 heterocycles. The van der Waals surface area contributed by atoms with Gasteiger partial charge in [-0.1, -0.05) is 17.3 Å². The molecule has 1 unspecified atom stereocenters. The lowest BCUT2D eigenvalue weighted by Gasteiger charge is -2.31. The van der Waals surface area contributed by atoms with Crippen molar-refractivity contribution in [3.63, 3.8) is 0 Å². The van der Waals surface area contributed by atoms with Gasteiger partial charge >= 0.3 is 0 Å². The lowest BCUT2D eigenvalue weighted by molar-refractivity contribution is 0.0692. The number of piperidine rings is 1. The van der Waals surface area contributed by atoms with E-state index in [4.69, 9.17) is 4.52 Å². The van der Waals surface area contributed by atoms with Crippen LogP contribution in [-0.4, -0.2) is 39.1 Å². The van der Waals surface area contributed by atoms with E-state index in [-0.39, 0.29) is 23.4 Å². The molecule has 1 aliphatic carbocycles. The van der Waals surface area contributed by atoms with Crippen LogP contribution in [0.5, 0.6) is 5.75 Å². The molecule has 2 aromatic carbocycles. The predicted octanol–water partition coefficient (Wildman–Crippen LogP) is 4.48. The minimum Gasteiger partial charge on any atom is -0.507 e. The molecule has 0 saturated carbocycles. The monoisotopic (exact) mass is 421 g/mol. The highest BCUT2D eigenvalue weighted by molar-refractivity contribution is 5.97. The normalized spacial score (nSPS) is 18.6. The third-order valence-electron chi connectivity index (χ3n) is 6.27. The van der Waals surface area contributed by atoms with Gasteiger partial charge in [0.2, 0.25) is 11.7 Å². The highest BCUT2D eigenvalue weighted by atomic mass is 19.1. The molecule has 1 aliphatic heterocycles. The Bertz CT molecular complexity index is 1130. The van der Waals surface area contributed by atoms with Gasteiger partial charge in [-0.15, -0.1) is 0 Å². The fourth-order valence-electron chi connectivity index (χ4n) is 4.62. The first kappa shape index (κ1) is 19.7. The van der Waals surface area contributed by atoms with Crippen molar-refractivity contribution in [3.05, 3.63) is 64.8 Å². The molecule has 1 N–H and O–H groups in total. The zero-order chi connectivity index (χ0) is 21.4. The number of phenolic OH excluding ortho intramolecular Hbond substituents is 1. The maximum atomic E-state index is 13.5. The van der Waals surface area contributed by atoms with E-state index in [9.17, 15) is 14.3 Å². The van der Waals surface area contributed by atoms with Crippen molar-refractivity contribution in [1.29, 1.82) is 0 Å². The Labute approximate surface area is 179 Å². The van der Waals surface area contributed by atoms with Gasteiger partial charge in [0.15, 0.2) is 0 Å². The Hall–Kier alpha value is -3.22. The van der Waals surface area contributed by atoms with Gasteiger partial charge in [-0.25, -0.2) is 4.39 Å². The van der Waals surface area contributed by atoms with Crippen LogP contribution in [-0.2, 0) is 12.8 Å². The molecule has 0 radical (unpaired) electrons. The first-order valence-corrected chi connectivity index (χ1v) is 10.8. The summed E-state index contributed by atoms with van der Waals surface area (Å²) >= 11 is 0. The summed E-state index contributed by atoms with van der Waals surface area (Å²) in [6.45, 7) is 1.07. The summed E-state index contributed by atoms with van der Waals surface area (Å²) in [4.78, 5) is 19.4. The van der Waals surface area contributed by atoms with E-state index in [2.05, 4.69) is 10.1 Å². The number of likely N-dealkylation sites (tertiary alicyclic amines) is 1. The first-order valence-electron chi connectivity index (χ1n) is 10.8. The molecule has 160 valence electrons. The van der Waals surface area contributed by atoms with Crippen LogP contribution in [0.2, 0.25) is 0 Å². The number of carbonyl (C=O) groups is 1. The van der Waals surface area contributed by atoms with E-state index in [1.54, 1.807) is 23.1 Å². The molecule has 0 bridgehead atoms. The lowest BCUT2D eigenvalue weighted by Crippen LogP contribution is -2.39. The van der Waals surface area contributed by atoms with Gasteiger partial charge in [0.1, 0.15) is 11.6 Å². The molecular formula is C24H24FN3O3. The van der Waals surface area contributed by atoms with Crippen molar-refractivity contribution in [2.75, 3.05) is 13.1 Å². The van der Waals surface area contributed by atoms with Crippen LogP contribution >= 0.6 is 0 Å². The Morgan fingerprint density at radius 1 is 1.13 bits per heavy atom. The summed E-state index contributed by atoms with van der Waals surface area (Å²) in [6.07, 6.45) is 5.76.